The van der Waals surface area contributed by atoms with Gasteiger partial charge in [-0.2, -0.15) is 13.2 Å². The van der Waals surface area contributed by atoms with Crippen LogP contribution < -0.4 is 0 Å². The molecule has 1 heterocycles. The molecule has 0 radical (unpaired) electrons. The maximum absolute atomic E-state index is 13.2. The monoisotopic (exact) mass is 404 g/mol. The minimum absolute atomic E-state index is 0.127. The Balaban J connectivity index is 1.74. The number of hydrogen-bond donors (Lipinski definition) is 0. The number of carbonyl (C=O) groups excluding carboxylic acids is 2. The van der Waals surface area contributed by atoms with Gasteiger partial charge in [-0.05, 0) is 55.7 Å². The second kappa shape index (κ2) is 8.27. The third-order valence-corrected chi connectivity index (χ3v) is 5.29. The minimum atomic E-state index is -4.59. The Bertz CT molecular complexity index is 925. The topological polar surface area (TPSA) is 40.6 Å². The zero-order chi connectivity index (χ0) is 21.2. The summed E-state index contributed by atoms with van der Waals surface area (Å²) in [5.41, 5.74) is 1.41. The fraction of sp³-hybridized carbons (Fsp3) is 0.364. The van der Waals surface area contributed by atoms with Gasteiger partial charge in [0.05, 0.1) is 11.1 Å². The summed E-state index contributed by atoms with van der Waals surface area (Å²) in [6.07, 6.45) is -4.08. The molecule has 1 aliphatic heterocycles. The molecule has 0 saturated carbocycles. The van der Waals surface area contributed by atoms with Crippen LogP contribution in [0.1, 0.15) is 43.8 Å². The normalized spacial score (nSPS) is 15.2. The van der Waals surface area contributed by atoms with Crippen LogP contribution in [-0.4, -0.2) is 47.8 Å². The molecule has 2 aromatic rings. The molecule has 0 atom stereocenters. The molecule has 0 bridgehead atoms. The van der Waals surface area contributed by atoms with Crippen molar-refractivity contribution >= 4 is 11.8 Å². The van der Waals surface area contributed by atoms with E-state index in [0.29, 0.717) is 25.1 Å². The molecule has 1 aliphatic rings. The van der Waals surface area contributed by atoms with Crippen molar-refractivity contribution in [3.8, 4) is 0 Å². The van der Waals surface area contributed by atoms with E-state index in [1.165, 1.54) is 23.1 Å². The highest BCUT2D eigenvalue weighted by Crippen LogP contribution is 2.32. The van der Waals surface area contributed by atoms with Crippen LogP contribution in [0, 0.1) is 13.8 Å². The third kappa shape index (κ3) is 4.60. The summed E-state index contributed by atoms with van der Waals surface area (Å²) in [5, 5.41) is 0. The molecule has 154 valence electrons. The number of halogens is 3. The first-order chi connectivity index (χ1) is 13.7. The van der Waals surface area contributed by atoms with Gasteiger partial charge >= 0.3 is 6.18 Å². The lowest BCUT2D eigenvalue weighted by Gasteiger charge is -2.23. The second-order valence-electron chi connectivity index (χ2n) is 7.28. The first-order valence-corrected chi connectivity index (χ1v) is 9.50. The molecule has 2 aromatic carbocycles. The number of aryl methyl sites for hydroxylation is 2. The molecular weight excluding hydrogens is 381 g/mol. The van der Waals surface area contributed by atoms with Crippen LogP contribution in [0.3, 0.4) is 0 Å². The molecule has 0 aromatic heterocycles. The number of carbonyl (C=O) groups is 2. The van der Waals surface area contributed by atoms with Crippen LogP contribution in [0.5, 0.6) is 0 Å². The van der Waals surface area contributed by atoms with E-state index >= 15 is 0 Å². The van der Waals surface area contributed by atoms with Crippen molar-refractivity contribution in [3.63, 3.8) is 0 Å². The highest BCUT2D eigenvalue weighted by Gasteiger charge is 2.36. The van der Waals surface area contributed by atoms with Gasteiger partial charge in [-0.1, -0.05) is 18.2 Å². The number of benzene rings is 2. The standard InChI is InChI=1S/C22H23F3N2O2/c1-15-8-9-17(14-16(15)2)20(28)26-10-5-11-27(13-12-26)21(29)18-6-3-4-7-19(18)22(23,24)25/h3-4,6-9,14H,5,10-13H2,1-2H3. The number of alkyl halides is 3. The van der Waals surface area contributed by atoms with Crippen molar-refractivity contribution in [1.82, 2.24) is 9.80 Å². The number of rotatable bonds is 2. The molecule has 7 heteroatoms. The van der Waals surface area contributed by atoms with E-state index in [4.69, 9.17) is 0 Å². The summed E-state index contributed by atoms with van der Waals surface area (Å²) >= 11 is 0. The third-order valence-electron chi connectivity index (χ3n) is 5.29. The fourth-order valence-corrected chi connectivity index (χ4v) is 3.47. The fourth-order valence-electron chi connectivity index (χ4n) is 3.47. The van der Waals surface area contributed by atoms with E-state index < -0.39 is 17.6 Å². The van der Waals surface area contributed by atoms with Crippen LogP contribution in [0.15, 0.2) is 42.5 Å². The predicted octanol–water partition coefficient (Wildman–Crippen LogP) is 4.31. The first kappa shape index (κ1) is 20.9. The smallest absolute Gasteiger partial charge is 0.337 e. The second-order valence-corrected chi connectivity index (χ2v) is 7.28. The van der Waals surface area contributed by atoms with Crippen molar-refractivity contribution in [3.05, 3.63) is 70.3 Å². The van der Waals surface area contributed by atoms with E-state index in [2.05, 4.69) is 0 Å². The summed E-state index contributed by atoms with van der Waals surface area (Å²) in [6.45, 7) is 5.15. The van der Waals surface area contributed by atoms with Crippen LogP contribution in [0.2, 0.25) is 0 Å². The Morgan fingerprint density at radius 2 is 1.45 bits per heavy atom. The lowest BCUT2D eigenvalue weighted by Crippen LogP contribution is -2.38. The zero-order valence-corrected chi connectivity index (χ0v) is 16.4. The minimum Gasteiger partial charge on any atom is -0.337 e. The summed E-state index contributed by atoms with van der Waals surface area (Å²) < 4.78 is 39.7. The molecule has 0 N–H and O–H groups in total. The lowest BCUT2D eigenvalue weighted by molar-refractivity contribution is -0.138. The van der Waals surface area contributed by atoms with Gasteiger partial charge in [-0.3, -0.25) is 9.59 Å². The molecule has 4 nitrogen and oxygen atoms in total. The van der Waals surface area contributed by atoms with Gasteiger partial charge in [0.25, 0.3) is 11.8 Å². The maximum Gasteiger partial charge on any atom is 0.417 e. The summed E-state index contributed by atoms with van der Waals surface area (Å²) in [7, 11) is 0. The van der Waals surface area contributed by atoms with E-state index in [9.17, 15) is 22.8 Å². The van der Waals surface area contributed by atoms with Crippen LogP contribution in [0.25, 0.3) is 0 Å². The maximum atomic E-state index is 13.2. The molecule has 1 fully saturated rings. The first-order valence-electron chi connectivity index (χ1n) is 9.50. The number of amides is 2. The quantitative estimate of drug-likeness (QED) is 0.748. The molecule has 29 heavy (non-hydrogen) atoms. The van der Waals surface area contributed by atoms with Crippen molar-refractivity contribution in [1.29, 1.82) is 0 Å². The average Bonchev–Trinajstić information content (AvgIpc) is 2.94. The molecular formula is C22H23F3N2O2. The van der Waals surface area contributed by atoms with Crippen LogP contribution >= 0.6 is 0 Å². The SMILES string of the molecule is Cc1ccc(C(=O)N2CCCN(C(=O)c3ccccc3C(F)(F)F)CC2)cc1C. The van der Waals surface area contributed by atoms with E-state index in [0.717, 1.165) is 17.2 Å². The van der Waals surface area contributed by atoms with Crippen molar-refractivity contribution in [2.45, 2.75) is 26.4 Å². The highest BCUT2D eigenvalue weighted by atomic mass is 19.4. The van der Waals surface area contributed by atoms with Gasteiger partial charge in [-0.25, -0.2) is 0 Å². The molecule has 0 spiro atoms. The Labute approximate surface area is 167 Å². The molecule has 1 saturated heterocycles. The summed E-state index contributed by atoms with van der Waals surface area (Å²) in [5.74, 6) is -0.781. The van der Waals surface area contributed by atoms with E-state index in [1.807, 2.05) is 26.0 Å². The highest BCUT2D eigenvalue weighted by molar-refractivity contribution is 5.96. The van der Waals surface area contributed by atoms with Gasteiger partial charge < -0.3 is 9.80 Å². The Kier molecular flexibility index (Phi) is 5.96. The van der Waals surface area contributed by atoms with Crippen molar-refractivity contribution < 1.29 is 22.8 Å². The Morgan fingerprint density at radius 1 is 0.828 bits per heavy atom. The predicted molar refractivity (Wildman–Crippen MR) is 104 cm³/mol. The van der Waals surface area contributed by atoms with Crippen molar-refractivity contribution in [2.75, 3.05) is 26.2 Å². The van der Waals surface area contributed by atoms with Crippen LogP contribution in [0.4, 0.5) is 13.2 Å². The van der Waals surface area contributed by atoms with Gasteiger partial charge in [-0.15, -0.1) is 0 Å². The average molecular weight is 404 g/mol. The molecule has 0 aliphatic carbocycles. The van der Waals surface area contributed by atoms with Gasteiger partial charge in [0.1, 0.15) is 0 Å². The lowest BCUT2D eigenvalue weighted by atomic mass is 10.1. The molecule has 2 amide bonds. The Hall–Kier alpha value is -2.83. The number of nitrogens with zero attached hydrogens (tertiary/aromatic N) is 2. The molecule has 3 rings (SSSR count). The molecule has 0 unspecified atom stereocenters. The number of hydrogen-bond acceptors (Lipinski definition) is 2. The zero-order valence-electron chi connectivity index (χ0n) is 16.4. The summed E-state index contributed by atoms with van der Waals surface area (Å²) in [6, 6.07) is 10.3. The van der Waals surface area contributed by atoms with Crippen molar-refractivity contribution in [2.24, 2.45) is 0 Å². The van der Waals surface area contributed by atoms with Gasteiger partial charge in [0, 0.05) is 31.7 Å². The van der Waals surface area contributed by atoms with E-state index in [1.54, 1.807) is 11.0 Å². The van der Waals surface area contributed by atoms with Gasteiger partial charge in [0.15, 0.2) is 0 Å². The van der Waals surface area contributed by atoms with Crippen LogP contribution in [-0.2, 0) is 6.18 Å². The van der Waals surface area contributed by atoms with E-state index in [-0.39, 0.29) is 24.6 Å². The van der Waals surface area contributed by atoms with Gasteiger partial charge in [0.2, 0.25) is 0 Å². The summed E-state index contributed by atoms with van der Waals surface area (Å²) in [4.78, 5) is 28.7. The Morgan fingerprint density at radius 3 is 2.07 bits per heavy atom. The largest absolute Gasteiger partial charge is 0.417 e.